The number of nitriles is 1. The van der Waals surface area contributed by atoms with E-state index >= 15 is 0 Å². The number of aryl methyl sites for hydroxylation is 1. The van der Waals surface area contributed by atoms with Gasteiger partial charge in [-0.1, -0.05) is 0 Å². The summed E-state index contributed by atoms with van der Waals surface area (Å²) < 4.78 is 11.5. The molecule has 1 aliphatic carbocycles. The summed E-state index contributed by atoms with van der Waals surface area (Å²) in [6.07, 6.45) is 2.79. The molecule has 0 bridgehead atoms. The SMILES string of the molecule is CCOC(=O)NC(=O)COC(=O)/C(C#N)=C/c1cc(C)n(C2CC2)c1C. The van der Waals surface area contributed by atoms with Gasteiger partial charge in [0.1, 0.15) is 11.6 Å². The molecule has 1 aliphatic rings. The predicted molar refractivity (Wildman–Crippen MR) is 91.9 cm³/mol. The Hall–Kier alpha value is -3.08. The van der Waals surface area contributed by atoms with Gasteiger partial charge < -0.3 is 14.0 Å². The van der Waals surface area contributed by atoms with E-state index in [1.807, 2.05) is 25.2 Å². The van der Waals surface area contributed by atoms with Crippen molar-refractivity contribution in [2.24, 2.45) is 0 Å². The van der Waals surface area contributed by atoms with Crippen LogP contribution in [-0.4, -0.2) is 35.8 Å². The topological polar surface area (TPSA) is 110 Å². The zero-order valence-electron chi connectivity index (χ0n) is 15.0. The van der Waals surface area contributed by atoms with Crippen LogP contribution in [0.3, 0.4) is 0 Å². The molecule has 0 spiro atoms. The number of amides is 2. The summed E-state index contributed by atoms with van der Waals surface area (Å²) in [4.78, 5) is 34.6. The summed E-state index contributed by atoms with van der Waals surface area (Å²) in [5.74, 6) is -1.76. The van der Waals surface area contributed by atoms with Crippen molar-refractivity contribution in [1.82, 2.24) is 9.88 Å². The van der Waals surface area contributed by atoms with Crippen LogP contribution in [0.2, 0.25) is 0 Å². The van der Waals surface area contributed by atoms with Gasteiger partial charge >= 0.3 is 12.1 Å². The Morgan fingerprint density at radius 1 is 1.35 bits per heavy atom. The number of hydrogen-bond acceptors (Lipinski definition) is 6. The fourth-order valence-corrected chi connectivity index (χ4v) is 2.66. The van der Waals surface area contributed by atoms with Crippen LogP contribution >= 0.6 is 0 Å². The van der Waals surface area contributed by atoms with Crippen molar-refractivity contribution >= 4 is 24.0 Å². The van der Waals surface area contributed by atoms with E-state index in [1.165, 1.54) is 6.08 Å². The highest BCUT2D eigenvalue weighted by atomic mass is 16.6. The maximum Gasteiger partial charge on any atom is 0.413 e. The molecule has 0 radical (unpaired) electrons. The van der Waals surface area contributed by atoms with Gasteiger partial charge in [-0.15, -0.1) is 0 Å². The Morgan fingerprint density at radius 3 is 2.62 bits per heavy atom. The van der Waals surface area contributed by atoms with Gasteiger partial charge in [-0.25, -0.2) is 9.59 Å². The summed E-state index contributed by atoms with van der Waals surface area (Å²) in [5.41, 5.74) is 2.59. The third kappa shape index (κ3) is 4.72. The molecular weight excluding hydrogens is 338 g/mol. The van der Waals surface area contributed by atoms with Crippen molar-refractivity contribution in [1.29, 1.82) is 5.26 Å². The number of ether oxygens (including phenoxy) is 2. The first-order valence-corrected chi connectivity index (χ1v) is 8.31. The van der Waals surface area contributed by atoms with Crippen molar-refractivity contribution < 1.29 is 23.9 Å². The molecule has 26 heavy (non-hydrogen) atoms. The van der Waals surface area contributed by atoms with E-state index < -0.39 is 24.6 Å². The molecule has 1 fully saturated rings. The Kier molecular flexibility index (Phi) is 6.17. The first kappa shape index (κ1) is 19.2. The first-order chi connectivity index (χ1) is 12.4. The van der Waals surface area contributed by atoms with Crippen LogP contribution < -0.4 is 5.32 Å². The van der Waals surface area contributed by atoms with Crippen molar-refractivity contribution in [3.63, 3.8) is 0 Å². The average Bonchev–Trinajstić information content (AvgIpc) is 3.37. The van der Waals surface area contributed by atoms with Gasteiger partial charge in [-0.3, -0.25) is 10.1 Å². The number of imide groups is 1. The number of nitrogens with one attached hydrogen (secondary N) is 1. The van der Waals surface area contributed by atoms with E-state index in [9.17, 15) is 19.6 Å². The molecule has 138 valence electrons. The van der Waals surface area contributed by atoms with Crippen molar-refractivity contribution in [3.8, 4) is 6.07 Å². The number of hydrogen-bond donors (Lipinski definition) is 1. The maximum absolute atomic E-state index is 12.0. The van der Waals surface area contributed by atoms with Crippen molar-refractivity contribution in [2.45, 2.75) is 39.7 Å². The molecule has 1 saturated carbocycles. The average molecular weight is 359 g/mol. The quantitative estimate of drug-likeness (QED) is 0.473. The minimum atomic E-state index is -0.928. The number of carbonyl (C=O) groups is 3. The predicted octanol–water partition coefficient (Wildman–Crippen LogP) is 2.16. The third-order valence-electron chi connectivity index (χ3n) is 3.93. The van der Waals surface area contributed by atoms with Gasteiger partial charge in [0.2, 0.25) is 0 Å². The zero-order chi connectivity index (χ0) is 19.3. The van der Waals surface area contributed by atoms with E-state index in [4.69, 9.17) is 4.74 Å². The Labute approximate surface area is 151 Å². The Balaban J connectivity index is 2.02. The van der Waals surface area contributed by atoms with E-state index in [0.717, 1.165) is 29.8 Å². The maximum atomic E-state index is 12.0. The molecule has 0 aliphatic heterocycles. The molecule has 1 aromatic heterocycles. The molecule has 1 heterocycles. The summed E-state index contributed by atoms with van der Waals surface area (Å²) in [5, 5.41) is 11.1. The lowest BCUT2D eigenvalue weighted by molar-refractivity contribution is -0.144. The highest BCUT2D eigenvalue weighted by Gasteiger charge is 2.27. The molecule has 1 aromatic rings. The van der Waals surface area contributed by atoms with Crippen molar-refractivity contribution in [3.05, 3.63) is 28.6 Å². The zero-order valence-corrected chi connectivity index (χ0v) is 15.0. The van der Waals surface area contributed by atoms with E-state index in [0.29, 0.717) is 6.04 Å². The second-order valence-electron chi connectivity index (χ2n) is 5.94. The van der Waals surface area contributed by atoms with Crippen LogP contribution in [0.1, 0.15) is 42.8 Å². The number of alkyl carbamates (subject to hydrolysis) is 1. The molecule has 0 atom stereocenters. The van der Waals surface area contributed by atoms with Crippen molar-refractivity contribution in [2.75, 3.05) is 13.2 Å². The molecule has 0 saturated heterocycles. The Bertz CT molecular complexity index is 796. The number of aromatic nitrogens is 1. The minimum Gasteiger partial charge on any atom is -0.451 e. The molecule has 2 rings (SSSR count). The van der Waals surface area contributed by atoms with Gasteiger partial charge in [0.25, 0.3) is 5.91 Å². The second-order valence-corrected chi connectivity index (χ2v) is 5.94. The highest BCUT2D eigenvalue weighted by molar-refractivity contribution is 6.00. The molecule has 2 amide bonds. The third-order valence-corrected chi connectivity index (χ3v) is 3.93. The van der Waals surface area contributed by atoms with E-state index in [1.54, 1.807) is 13.0 Å². The van der Waals surface area contributed by atoms with E-state index in [2.05, 4.69) is 9.30 Å². The lowest BCUT2D eigenvalue weighted by Crippen LogP contribution is -2.34. The molecule has 0 unspecified atom stereocenters. The smallest absolute Gasteiger partial charge is 0.413 e. The largest absolute Gasteiger partial charge is 0.451 e. The molecular formula is C18H21N3O5. The molecule has 8 nitrogen and oxygen atoms in total. The minimum absolute atomic E-state index is 0.111. The number of carbonyl (C=O) groups excluding carboxylic acids is 3. The fraction of sp³-hybridized carbons (Fsp3) is 0.444. The van der Waals surface area contributed by atoms with Crippen LogP contribution in [0, 0.1) is 25.2 Å². The summed E-state index contributed by atoms with van der Waals surface area (Å²) in [7, 11) is 0. The number of esters is 1. The van der Waals surface area contributed by atoms with Crippen LogP contribution in [0.15, 0.2) is 11.6 Å². The summed E-state index contributed by atoms with van der Waals surface area (Å²) in [6, 6.07) is 4.19. The monoisotopic (exact) mass is 359 g/mol. The summed E-state index contributed by atoms with van der Waals surface area (Å²) in [6.45, 7) is 4.93. The van der Waals surface area contributed by atoms with Gasteiger partial charge in [-0.2, -0.15) is 5.26 Å². The first-order valence-electron chi connectivity index (χ1n) is 8.31. The lowest BCUT2D eigenvalue weighted by atomic mass is 10.1. The molecule has 8 heteroatoms. The highest BCUT2D eigenvalue weighted by Crippen LogP contribution is 2.38. The normalized spacial score (nSPS) is 13.7. The standard InChI is InChI=1S/C18H21N3O5/c1-4-25-18(24)20-16(22)10-26-17(23)14(9-19)8-13-7-11(2)21(12(13)3)15-5-6-15/h7-8,15H,4-6,10H2,1-3H3,(H,20,22,24)/b14-8+. The molecule has 1 N–H and O–H groups in total. The number of nitrogens with zero attached hydrogens (tertiary/aromatic N) is 2. The van der Waals surface area contributed by atoms with Gasteiger partial charge in [0.05, 0.1) is 6.61 Å². The Morgan fingerprint density at radius 2 is 2.04 bits per heavy atom. The van der Waals surface area contributed by atoms with Crippen LogP contribution in [0.5, 0.6) is 0 Å². The van der Waals surface area contributed by atoms with Crippen LogP contribution in [0.4, 0.5) is 4.79 Å². The van der Waals surface area contributed by atoms with Crippen LogP contribution in [-0.2, 0) is 19.1 Å². The summed E-state index contributed by atoms with van der Waals surface area (Å²) >= 11 is 0. The van der Waals surface area contributed by atoms with Gasteiger partial charge in [0, 0.05) is 17.4 Å². The van der Waals surface area contributed by atoms with Gasteiger partial charge in [0.15, 0.2) is 6.61 Å². The van der Waals surface area contributed by atoms with E-state index in [-0.39, 0.29) is 12.2 Å². The molecule has 0 aromatic carbocycles. The second kappa shape index (κ2) is 8.34. The lowest BCUT2D eigenvalue weighted by Gasteiger charge is -2.07. The fourth-order valence-electron chi connectivity index (χ4n) is 2.66. The number of rotatable bonds is 6. The van der Waals surface area contributed by atoms with Gasteiger partial charge in [-0.05, 0) is 51.3 Å². The van der Waals surface area contributed by atoms with Crippen LogP contribution in [0.25, 0.3) is 6.08 Å².